The van der Waals surface area contributed by atoms with Crippen LogP contribution in [0.15, 0.2) is 5.16 Å². The number of nitrogens with zero attached hydrogens (tertiary/aromatic N) is 2. The Morgan fingerprint density at radius 3 is 2.31 bits per heavy atom. The summed E-state index contributed by atoms with van der Waals surface area (Å²) in [5.41, 5.74) is 3.40. The molecule has 1 heterocycles. The third kappa shape index (κ3) is 4.10. The van der Waals surface area contributed by atoms with Gasteiger partial charge >= 0.3 is 0 Å². The molecule has 0 bridgehead atoms. The molecule has 1 aromatic heterocycles. The summed E-state index contributed by atoms with van der Waals surface area (Å²) in [6.45, 7) is 10.4. The number of hydrogen-bond donors (Lipinski definition) is 1. The fourth-order valence-electron chi connectivity index (χ4n) is 1.34. The Kier molecular flexibility index (Phi) is 5.77. The van der Waals surface area contributed by atoms with Gasteiger partial charge in [-0.25, -0.2) is 9.97 Å². The van der Waals surface area contributed by atoms with Crippen molar-refractivity contribution in [3.63, 3.8) is 0 Å². The minimum atomic E-state index is 0.914. The molecule has 90 valence electrons. The third-order valence-electron chi connectivity index (χ3n) is 2.59. The highest BCUT2D eigenvalue weighted by molar-refractivity contribution is 7.99. The van der Waals surface area contributed by atoms with Gasteiger partial charge in [0.25, 0.3) is 0 Å². The van der Waals surface area contributed by atoms with Crippen molar-refractivity contribution in [3.05, 3.63) is 17.0 Å². The molecule has 0 fully saturated rings. The number of aryl methyl sites for hydroxylation is 2. The van der Waals surface area contributed by atoms with Crippen LogP contribution < -0.4 is 5.32 Å². The Morgan fingerprint density at radius 1 is 1.12 bits per heavy atom. The van der Waals surface area contributed by atoms with Crippen LogP contribution in [0.4, 0.5) is 0 Å². The second-order valence-electron chi connectivity index (χ2n) is 3.86. The highest BCUT2D eigenvalue weighted by Crippen LogP contribution is 2.17. The molecule has 0 aromatic carbocycles. The molecular weight excluding hydrogens is 218 g/mol. The van der Waals surface area contributed by atoms with E-state index in [0.717, 1.165) is 41.8 Å². The molecule has 1 N–H and O–H groups in total. The normalized spacial score (nSPS) is 10.8. The van der Waals surface area contributed by atoms with E-state index in [2.05, 4.69) is 29.1 Å². The van der Waals surface area contributed by atoms with Gasteiger partial charge in [-0.15, -0.1) is 0 Å². The van der Waals surface area contributed by atoms with Crippen molar-refractivity contribution >= 4 is 11.8 Å². The first kappa shape index (κ1) is 13.5. The maximum absolute atomic E-state index is 4.48. The summed E-state index contributed by atoms with van der Waals surface area (Å²) >= 11 is 1.75. The van der Waals surface area contributed by atoms with Gasteiger partial charge in [-0.3, -0.25) is 0 Å². The second-order valence-corrected chi connectivity index (χ2v) is 4.92. The van der Waals surface area contributed by atoms with Crippen molar-refractivity contribution in [2.24, 2.45) is 0 Å². The van der Waals surface area contributed by atoms with Crippen molar-refractivity contribution in [3.8, 4) is 0 Å². The lowest BCUT2D eigenvalue weighted by Crippen LogP contribution is -2.14. The van der Waals surface area contributed by atoms with Gasteiger partial charge in [0, 0.05) is 17.1 Å². The Bertz CT molecular complexity index is 316. The van der Waals surface area contributed by atoms with Crippen LogP contribution >= 0.6 is 11.8 Å². The molecule has 0 spiro atoms. The Hall–Kier alpha value is -0.610. The second kappa shape index (κ2) is 6.86. The standard InChI is InChI=1S/C12H21N3S/c1-5-13-7-6-8-16-12-14-10(3)9(2)11(4)15-12/h13H,5-8H2,1-4H3. The molecule has 0 radical (unpaired) electrons. The molecule has 0 aliphatic carbocycles. The summed E-state index contributed by atoms with van der Waals surface area (Å²) in [7, 11) is 0. The maximum atomic E-state index is 4.48. The fraction of sp³-hybridized carbons (Fsp3) is 0.667. The molecule has 16 heavy (non-hydrogen) atoms. The Labute approximate surface area is 102 Å². The largest absolute Gasteiger partial charge is 0.317 e. The molecule has 0 atom stereocenters. The van der Waals surface area contributed by atoms with Crippen LogP contribution in [0.5, 0.6) is 0 Å². The zero-order chi connectivity index (χ0) is 12.0. The van der Waals surface area contributed by atoms with Gasteiger partial charge < -0.3 is 5.32 Å². The van der Waals surface area contributed by atoms with E-state index in [0.29, 0.717) is 0 Å². The van der Waals surface area contributed by atoms with E-state index in [1.54, 1.807) is 11.8 Å². The zero-order valence-electron chi connectivity index (χ0n) is 10.6. The summed E-state index contributed by atoms with van der Waals surface area (Å²) in [4.78, 5) is 8.97. The molecule has 0 aliphatic rings. The van der Waals surface area contributed by atoms with E-state index in [1.165, 1.54) is 5.56 Å². The lowest BCUT2D eigenvalue weighted by Gasteiger charge is -2.06. The molecule has 0 saturated carbocycles. The number of rotatable bonds is 6. The van der Waals surface area contributed by atoms with Crippen molar-refractivity contribution in [2.75, 3.05) is 18.8 Å². The average Bonchev–Trinajstić information content (AvgIpc) is 2.25. The van der Waals surface area contributed by atoms with E-state index in [9.17, 15) is 0 Å². The van der Waals surface area contributed by atoms with E-state index in [1.807, 2.05) is 13.8 Å². The lowest BCUT2D eigenvalue weighted by molar-refractivity contribution is 0.706. The van der Waals surface area contributed by atoms with Gasteiger partial charge in [0.15, 0.2) is 5.16 Å². The van der Waals surface area contributed by atoms with E-state index < -0.39 is 0 Å². The van der Waals surface area contributed by atoms with Crippen LogP contribution in [0.25, 0.3) is 0 Å². The van der Waals surface area contributed by atoms with Gasteiger partial charge in [-0.2, -0.15) is 0 Å². The van der Waals surface area contributed by atoms with Gasteiger partial charge in [0.2, 0.25) is 0 Å². The van der Waals surface area contributed by atoms with Crippen LogP contribution in [0.2, 0.25) is 0 Å². The van der Waals surface area contributed by atoms with Crippen molar-refractivity contribution in [1.29, 1.82) is 0 Å². The first-order valence-corrected chi connectivity index (χ1v) is 6.79. The SMILES string of the molecule is CCNCCCSc1nc(C)c(C)c(C)n1. The molecule has 1 aromatic rings. The number of nitrogens with one attached hydrogen (secondary N) is 1. The van der Waals surface area contributed by atoms with Crippen LogP contribution in [0.3, 0.4) is 0 Å². The summed E-state index contributed by atoms with van der Waals surface area (Å²) in [6, 6.07) is 0. The molecule has 4 heteroatoms. The van der Waals surface area contributed by atoms with E-state index >= 15 is 0 Å². The highest BCUT2D eigenvalue weighted by Gasteiger charge is 2.04. The Morgan fingerprint density at radius 2 is 1.75 bits per heavy atom. The first-order valence-electron chi connectivity index (χ1n) is 5.80. The van der Waals surface area contributed by atoms with E-state index in [-0.39, 0.29) is 0 Å². The van der Waals surface area contributed by atoms with Crippen LogP contribution in [-0.2, 0) is 0 Å². The summed E-state index contributed by atoms with van der Waals surface area (Å²) in [5.74, 6) is 1.08. The Balaban J connectivity index is 2.43. The van der Waals surface area contributed by atoms with Crippen molar-refractivity contribution in [1.82, 2.24) is 15.3 Å². The topological polar surface area (TPSA) is 37.8 Å². The van der Waals surface area contributed by atoms with Gasteiger partial charge in [-0.05, 0) is 45.8 Å². The van der Waals surface area contributed by atoms with Gasteiger partial charge in [0.05, 0.1) is 0 Å². The number of hydrogen-bond acceptors (Lipinski definition) is 4. The van der Waals surface area contributed by atoms with Crippen LogP contribution in [-0.4, -0.2) is 28.8 Å². The fourth-order valence-corrected chi connectivity index (χ4v) is 2.22. The molecule has 1 rings (SSSR count). The van der Waals surface area contributed by atoms with Gasteiger partial charge in [0.1, 0.15) is 0 Å². The molecular formula is C12H21N3S. The quantitative estimate of drug-likeness (QED) is 0.470. The highest BCUT2D eigenvalue weighted by atomic mass is 32.2. The molecule has 0 amide bonds. The minimum Gasteiger partial charge on any atom is -0.317 e. The average molecular weight is 239 g/mol. The molecule has 0 saturated heterocycles. The molecule has 3 nitrogen and oxygen atoms in total. The van der Waals surface area contributed by atoms with Crippen LogP contribution in [0, 0.1) is 20.8 Å². The van der Waals surface area contributed by atoms with E-state index in [4.69, 9.17) is 0 Å². The number of aromatic nitrogens is 2. The predicted octanol–water partition coefficient (Wildman–Crippen LogP) is 2.49. The number of thioether (sulfide) groups is 1. The first-order chi connectivity index (χ1) is 7.65. The smallest absolute Gasteiger partial charge is 0.187 e. The van der Waals surface area contributed by atoms with Crippen molar-refractivity contribution < 1.29 is 0 Å². The predicted molar refractivity (Wildman–Crippen MR) is 70.1 cm³/mol. The van der Waals surface area contributed by atoms with Crippen LogP contribution in [0.1, 0.15) is 30.3 Å². The lowest BCUT2D eigenvalue weighted by atomic mass is 10.2. The zero-order valence-corrected chi connectivity index (χ0v) is 11.4. The monoisotopic (exact) mass is 239 g/mol. The minimum absolute atomic E-state index is 0.914. The van der Waals surface area contributed by atoms with Crippen molar-refractivity contribution in [2.45, 2.75) is 39.3 Å². The third-order valence-corrected chi connectivity index (χ3v) is 3.52. The summed E-state index contributed by atoms with van der Waals surface area (Å²) < 4.78 is 0. The molecule has 0 unspecified atom stereocenters. The molecule has 0 aliphatic heterocycles. The summed E-state index contributed by atoms with van der Waals surface area (Å²) in [6.07, 6.45) is 1.16. The summed E-state index contributed by atoms with van der Waals surface area (Å²) in [5, 5.41) is 4.23. The maximum Gasteiger partial charge on any atom is 0.187 e. The van der Waals surface area contributed by atoms with Gasteiger partial charge in [-0.1, -0.05) is 18.7 Å².